The predicted molar refractivity (Wildman–Crippen MR) is 129 cm³/mol. The average molecular weight is 462 g/mol. The summed E-state index contributed by atoms with van der Waals surface area (Å²) in [6, 6.07) is 22.3. The number of nitrogens with one attached hydrogen (secondary N) is 1. The highest BCUT2D eigenvalue weighted by atomic mass is 35.5. The van der Waals surface area contributed by atoms with Gasteiger partial charge in [0.2, 0.25) is 0 Å². The van der Waals surface area contributed by atoms with Crippen molar-refractivity contribution in [1.29, 1.82) is 0 Å². The van der Waals surface area contributed by atoms with E-state index < -0.39 is 5.82 Å². The van der Waals surface area contributed by atoms with Crippen LogP contribution in [0.2, 0.25) is 5.02 Å². The molecule has 6 nitrogen and oxygen atoms in total. The van der Waals surface area contributed by atoms with E-state index in [0.29, 0.717) is 31.9 Å². The maximum atomic E-state index is 13.3. The van der Waals surface area contributed by atoms with Crippen molar-refractivity contribution < 1.29 is 9.18 Å². The lowest BCUT2D eigenvalue weighted by atomic mass is 10.1. The molecule has 1 N–H and O–H groups in total. The number of fused-ring (bicyclic) bond motifs is 1. The van der Waals surface area contributed by atoms with Crippen LogP contribution in [-0.4, -0.2) is 47.3 Å². The molecule has 0 saturated carbocycles. The van der Waals surface area contributed by atoms with Gasteiger partial charge in [-0.05, 0) is 47.2 Å². The predicted octanol–water partition coefficient (Wildman–Crippen LogP) is 5.44. The van der Waals surface area contributed by atoms with Gasteiger partial charge in [0, 0.05) is 37.4 Å². The van der Waals surface area contributed by atoms with Crippen LogP contribution in [0.1, 0.15) is 0 Å². The number of carbonyl (C=O) groups excluding carboxylic acids is 1. The van der Waals surface area contributed by atoms with E-state index >= 15 is 0 Å². The molecule has 2 amide bonds. The average Bonchev–Trinajstić information content (AvgIpc) is 2.86. The third kappa shape index (κ3) is 4.59. The Kier molecular flexibility index (Phi) is 5.79. The number of hydrogen-bond donors (Lipinski definition) is 1. The second-order valence-electron chi connectivity index (χ2n) is 7.87. The van der Waals surface area contributed by atoms with Gasteiger partial charge in [-0.15, -0.1) is 10.2 Å². The van der Waals surface area contributed by atoms with Crippen LogP contribution in [0.3, 0.4) is 0 Å². The van der Waals surface area contributed by atoms with E-state index in [4.69, 9.17) is 11.6 Å². The molecule has 3 aromatic carbocycles. The third-order valence-electron chi connectivity index (χ3n) is 5.76. The molecule has 4 aromatic rings. The molecule has 5 rings (SSSR count). The van der Waals surface area contributed by atoms with Crippen molar-refractivity contribution in [3.63, 3.8) is 0 Å². The van der Waals surface area contributed by atoms with Gasteiger partial charge >= 0.3 is 6.03 Å². The first-order chi connectivity index (χ1) is 16.1. The number of benzene rings is 3. The maximum Gasteiger partial charge on any atom is 0.321 e. The molecule has 0 bridgehead atoms. The fourth-order valence-corrected chi connectivity index (χ4v) is 4.09. The van der Waals surface area contributed by atoms with Crippen molar-refractivity contribution in [2.75, 3.05) is 36.4 Å². The Hall–Kier alpha value is -3.71. The van der Waals surface area contributed by atoms with Crippen LogP contribution in [-0.2, 0) is 0 Å². The summed E-state index contributed by atoms with van der Waals surface area (Å²) in [4.78, 5) is 16.4. The summed E-state index contributed by atoms with van der Waals surface area (Å²) in [6.07, 6.45) is 0. The standard InChI is InChI=1S/C25H21ClFN5O/c26-21-16-20(7-8-22(21)27)28-25(33)32-13-11-31(12-14-32)24-10-9-23(29-30-24)19-6-5-17-3-1-2-4-18(17)15-19/h1-10,15-16H,11-14H2,(H,28,33). The van der Waals surface area contributed by atoms with Gasteiger partial charge < -0.3 is 15.1 Å². The summed E-state index contributed by atoms with van der Waals surface area (Å²) < 4.78 is 13.3. The Bertz CT molecular complexity index is 1310. The number of rotatable bonds is 3. The molecule has 33 heavy (non-hydrogen) atoms. The molecule has 0 aliphatic carbocycles. The van der Waals surface area contributed by atoms with Crippen LogP contribution in [0.25, 0.3) is 22.0 Å². The van der Waals surface area contributed by atoms with Crippen molar-refractivity contribution >= 4 is 39.9 Å². The molecule has 0 spiro atoms. The number of aromatic nitrogens is 2. The highest BCUT2D eigenvalue weighted by molar-refractivity contribution is 6.31. The smallest absolute Gasteiger partial charge is 0.321 e. The summed E-state index contributed by atoms with van der Waals surface area (Å²) >= 11 is 5.79. The molecule has 1 aliphatic rings. The van der Waals surface area contributed by atoms with Crippen molar-refractivity contribution in [2.24, 2.45) is 0 Å². The Morgan fingerprint density at radius 1 is 0.879 bits per heavy atom. The Balaban J connectivity index is 1.21. The minimum atomic E-state index is -0.518. The van der Waals surface area contributed by atoms with E-state index in [1.807, 2.05) is 24.3 Å². The molecule has 0 unspecified atom stereocenters. The van der Waals surface area contributed by atoms with E-state index in [0.717, 1.165) is 22.5 Å². The first-order valence-corrected chi connectivity index (χ1v) is 11.0. The van der Waals surface area contributed by atoms with Crippen molar-refractivity contribution in [2.45, 2.75) is 0 Å². The zero-order valence-electron chi connectivity index (χ0n) is 17.7. The van der Waals surface area contributed by atoms with Gasteiger partial charge in [-0.2, -0.15) is 0 Å². The molecular weight excluding hydrogens is 441 g/mol. The first-order valence-electron chi connectivity index (χ1n) is 10.7. The molecule has 0 radical (unpaired) electrons. The fourth-order valence-electron chi connectivity index (χ4n) is 3.91. The monoisotopic (exact) mass is 461 g/mol. The Morgan fingerprint density at radius 2 is 1.67 bits per heavy atom. The van der Waals surface area contributed by atoms with Gasteiger partial charge in [-0.1, -0.05) is 48.0 Å². The number of urea groups is 1. The van der Waals surface area contributed by atoms with Gasteiger partial charge in [0.05, 0.1) is 10.7 Å². The molecule has 8 heteroatoms. The summed E-state index contributed by atoms with van der Waals surface area (Å²) in [6.45, 7) is 2.35. The summed E-state index contributed by atoms with van der Waals surface area (Å²) in [5.74, 6) is 0.265. The van der Waals surface area contributed by atoms with Crippen LogP contribution in [0, 0.1) is 5.82 Å². The van der Waals surface area contributed by atoms with E-state index in [2.05, 4.69) is 50.7 Å². The highest BCUT2D eigenvalue weighted by Crippen LogP contribution is 2.24. The van der Waals surface area contributed by atoms with E-state index in [-0.39, 0.29) is 11.1 Å². The van der Waals surface area contributed by atoms with E-state index in [1.165, 1.54) is 23.6 Å². The molecule has 1 aromatic heterocycles. The summed E-state index contributed by atoms with van der Waals surface area (Å²) in [5.41, 5.74) is 2.31. The zero-order chi connectivity index (χ0) is 22.8. The number of carbonyl (C=O) groups is 1. The number of halogens is 2. The van der Waals surface area contributed by atoms with E-state index in [9.17, 15) is 9.18 Å². The minimum absolute atomic E-state index is 0.0247. The maximum absolute atomic E-state index is 13.3. The second-order valence-corrected chi connectivity index (χ2v) is 8.28. The van der Waals surface area contributed by atoms with Crippen molar-refractivity contribution in [1.82, 2.24) is 15.1 Å². The molecular formula is C25H21ClFN5O. The van der Waals surface area contributed by atoms with Gasteiger partial charge in [0.15, 0.2) is 5.82 Å². The van der Waals surface area contributed by atoms with Crippen LogP contribution in [0.5, 0.6) is 0 Å². The van der Waals surface area contributed by atoms with E-state index in [1.54, 1.807) is 4.90 Å². The molecule has 1 fully saturated rings. The molecule has 166 valence electrons. The number of hydrogen-bond acceptors (Lipinski definition) is 4. The normalized spacial score (nSPS) is 13.9. The van der Waals surface area contributed by atoms with Gasteiger partial charge in [0.1, 0.15) is 5.82 Å². The van der Waals surface area contributed by atoms with Crippen molar-refractivity contribution in [3.05, 3.63) is 83.6 Å². The lowest BCUT2D eigenvalue weighted by molar-refractivity contribution is 0.208. The topological polar surface area (TPSA) is 61.4 Å². The minimum Gasteiger partial charge on any atom is -0.352 e. The lowest BCUT2D eigenvalue weighted by Gasteiger charge is -2.35. The number of anilines is 2. The number of piperazine rings is 1. The molecule has 1 aliphatic heterocycles. The third-order valence-corrected chi connectivity index (χ3v) is 6.05. The molecule has 2 heterocycles. The molecule has 0 atom stereocenters. The highest BCUT2D eigenvalue weighted by Gasteiger charge is 2.22. The van der Waals surface area contributed by atoms with Crippen LogP contribution in [0.4, 0.5) is 20.7 Å². The SMILES string of the molecule is O=C(Nc1ccc(F)c(Cl)c1)N1CCN(c2ccc(-c3ccc4ccccc4c3)nn2)CC1. The zero-order valence-corrected chi connectivity index (χ0v) is 18.5. The second kappa shape index (κ2) is 9.03. The summed E-state index contributed by atoms with van der Waals surface area (Å²) in [5, 5.41) is 13.9. The van der Waals surface area contributed by atoms with Gasteiger partial charge in [0.25, 0.3) is 0 Å². The Labute approximate surface area is 195 Å². The van der Waals surface area contributed by atoms with Crippen LogP contribution < -0.4 is 10.2 Å². The summed E-state index contributed by atoms with van der Waals surface area (Å²) in [7, 11) is 0. The number of nitrogens with zero attached hydrogens (tertiary/aromatic N) is 4. The first kappa shape index (κ1) is 21.2. The largest absolute Gasteiger partial charge is 0.352 e. The van der Waals surface area contributed by atoms with Crippen LogP contribution >= 0.6 is 11.6 Å². The van der Waals surface area contributed by atoms with Gasteiger partial charge in [-0.25, -0.2) is 9.18 Å². The molecule has 1 saturated heterocycles. The lowest BCUT2D eigenvalue weighted by Crippen LogP contribution is -2.50. The fraction of sp³-hybridized carbons (Fsp3) is 0.160. The van der Waals surface area contributed by atoms with Gasteiger partial charge in [-0.3, -0.25) is 0 Å². The van der Waals surface area contributed by atoms with Crippen molar-refractivity contribution in [3.8, 4) is 11.3 Å². The quantitative estimate of drug-likeness (QED) is 0.441. The Morgan fingerprint density at radius 3 is 2.39 bits per heavy atom. The number of amides is 2. The van der Waals surface area contributed by atoms with Crippen LogP contribution in [0.15, 0.2) is 72.8 Å².